The quantitative estimate of drug-likeness (QED) is 0.398. The van der Waals surface area contributed by atoms with Crippen molar-refractivity contribution in [2.45, 2.75) is 25.3 Å². The zero-order chi connectivity index (χ0) is 25.9. The molecule has 196 valence electrons. The Morgan fingerprint density at radius 3 is 2.55 bits per heavy atom. The zero-order valence-electron chi connectivity index (χ0n) is 21.8. The summed E-state index contributed by atoms with van der Waals surface area (Å²) in [6.45, 7) is 6.49. The number of hydrogen-bond acceptors (Lipinski definition) is 7. The number of rotatable bonds is 6. The number of hydrogen-bond donors (Lipinski definition) is 2. The Morgan fingerprint density at radius 1 is 1.03 bits per heavy atom. The maximum absolute atomic E-state index is 12.8. The summed E-state index contributed by atoms with van der Waals surface area (Å²) in [7, 11) is 2.19. The second-order valence-corrected chi connectivity index (χ2v) is 10.4. The Hall–Kier alpha value is -3.59. The minimum atomic E-state index is -0.161. The number of anilines is 2. The number of nitrogens with one attached hydrogen (secondary N) is 2. The summed E-state index contributed by atoms with van der Waals surface area (Å²) in [5.74, 6) is 1.15. The summed E-state index contributed by atoms with van der Waals surface area (Å²) in [6, 6.07) is 16.6. The van der Waals surface area contributed by atoms with Gasteiger partial charge < -0.3 is 19.9 Å². The van der Waals surface area contributed by atoms with E-state index in [1.807, 2.05) is 18.3 Å². The van der Waals surface area contributed by atoms with E-state index in [1.165, 1.54) is 18.4 Å². The number of fused-ring (bicyclic) bond motifs is 1. The highest BCUT2D eigenvalue weighted by Gasteiger charge is 2.18. The Morgan fingerprint density at radius 2 is 1.82 bits per heavy atom. The Balaban J connectivity index is 1.26. The van der Waals surface area contributed by atoms with E-state index < -0.39 is 0 Å². The maximum atomic E-state index is 12.8. The number of benzene rings is 1. The van der Waals surface area contributed by atoms with Crippen LogP contribution in [0.5, 0.6) is 0 Å². The summed E-state index contributed by atoms with van der Waals surface area (Å²) >= 11 is 0. The van der Waals surface area contributed by atoms with Gasteiger partial charge in [0.05, 0.1) is 30.0 Å². The van der Waals surface area contributed by atoms with Crippen LogP contribution in [-0.2, 0) is 11.3 Å². The first-order valence-electron chi connectivity index (χ1n) is 13.5. The van der Waals surface area contributed by atoms with E-state index in [0.29, 0.717) is 17.1 Å². The van der Waals surface area contributed by atoms with Crippen LogP contribution in [0.1, 0.15) is 30.0 Å². The van der Waals surface area contributed by atoms with E-state index in [2.05, 4.69) is 63.5 Å². The minimum Gasteiger partial charge on any atom is -0.379 e. The lowest BCUT2D eigenvalue weighted by atomic mass is 9.89. The standard InChI is InChI=1S/C30H34N6O2/c1-35-12-9-22(10-13-35)21-2-5-25(6-3-21)33-29-28-23(8-11-31-30(28)37)18-27(34-29)24-4-7-26(32-19-24)20-36-14-16-38-17-15-36/h2-8,11,18-19,22H,9-10,12-17,20H2,1H3,(H,31,37)(H,33,34). The van der Waals surface area contributed by atoms with Gasteiger partial charge in [0.1, 0.15) is 5.82 Å². The van der Waals surface area contributed by atoms with Crippen molar-refractivity contribution >= 4 is 22.3 Å². The number of morpholine rings is 1. The lowest BCUT2D eigenvalue weighted by Gasteiger charge is -2.29. The highest BCUT2D eigenvalue weighted by atomic mass is 16.5. The molecule has 0 amide bonds. The van der Waals surface area contributed by atoms with Crippen LogP contribution in [0.4, 0.5) is 11.5 Å². The normalized spacial score (nSPS) is 17.6. The fraction of sp³-hybridized carbons (Fsp3) is 0.367. The van der Waals surface area contributed by atoms with Gasteiger partial charge in [-0.15, -0.1) is 0 Å². The largest absolute Gasteiger partial charge is 0.379 e. The molecular weight excluding hydrogens is 476 g/mol. The minimum absolute atomic E-state index is 0.161. The molecule has 0 bridgehead atoms. The van der Waals surface area contributed by atoms with Crippen molar-refractivity contribution in [2.24, 2.45) is 0 Å². The number of piperidine rings is 1. The molecule has 1 aromatic carbocycles. The fourth-order valence-corrected chi connectivity index (χ4v) is 5.43. The number of H-pyrrole nitrogens is 1. The molecule has 4 aromatic rings. The predicted octanol–water partition coefficient (Wildman–Crippen LogP) is 4.37. The van der Waals surface area contributed by atoms with Crippen LogP contribution in [0.3, 0.4) is 0 Å². The van der Waals surface area contributed by atoms with E-state index in [-0.39, 0.29) is 5.56 Å². The molecule has 2 saturated heterocycles. The Kier molecular flexibility index (Phi) is 7.18. The number of aromatic nitrogens is 3. The number of aromatic amines is 1. The summed E-state index contributed by atoms with van der Waals surface area (Å²) < 4.78 is 5.45. The molecule has 2 fully saturated rings. The van der Waals surface area contributed by atoms with Gasteiger partial charge >= 0.3 is 0 Å². The molecular formula is C30H34N6O2. The van der Waals surface area contributed by atoms with Crippen molar-refractivity contribution in [3.63, 3.8) is 0 Å². The van der Waals surface area contributed by atoms with Gasteiger partial charge in [0.2, 0.25) is 0 Å². The van der Waals surface area contributed by atoms with Gasteiger partial charge in [-0.1, -0.05) is 12.1 Å². The van der Waals surface area contributed by atoms with Gasteiger partial charge in [-0.25, -0.2) is 4.98 Å². The van der Waals surface area contributed by atoms with Gasteiger partial charge in [-0.2, -0.15) is 0 Å². The molecule has 3 aromatic heterocycles. The van der Waals surface area contributed by atoms with Crippen LogP contribution in [-0.4, -0.2) is 71.2 Å². The summed E-state index contributed by atoms with van der Waals surface area (Å²) in [5, 5.41) is 4.81. The van der Waals surface area contributed by atoms with Crippen molar-refractivity contribution in [1.82, 2.24) is 24.8 Å². The smallest absolute Gasteiger partial charge is 0.259 e. The predicted molar refractivity (Wildman–Crippen MR) is 151 cm³/mol. The van der Waals surface area contributed by atoms with Crippen LogP contribution in [0, 0.1) is 0 Å². The molecule has 5 heterocycles. The van der Waals surface area contributed by atoms with Gasteiger partial charge in [-0.3, -0.25) is 14.7 Å². The molecule has 0 unspecified atom stereocenters. The molecule has 0 spiro atoms. The Bertz CT molecular complexity index is 1440. The first-order valence-corrected chi connectivity index (χ1v) is 13.5. The number of pyridine rings is 3. The highest BCUT2D eigenvalue weighted by molar-refractivity contribution is 5.95. The fourth-order valence-electron chi connectivity index (χ4n) is 5.43. The third kappa shape index (κ3) is 5.48. The van der Waals surface area contributed by atoms with E-state index in [1.54, 1.807) is 6.20 Å². The van der Waals surface area contributed by atoms with Gasteiger partial charge in [0.25, 0.3) is 5.56 Å². The molecule has 0 radical (unpaired) electrons. The van der Waals surface area contributed by atoms with Crippen molar-refractivity contribution in [3.8, 4) is 11.3 Å². The van der Waals surface area contributed by atoms with Crippen LogP contribution in [0.25, 0.3) is 22.0 Å². The molecule has 0 aliphatic carbocycles. The van der Waals surface area contributed by atoms with E-state index >= 15 is 0 Å². The lowest BCUT2D eigenvalue weighted by molar-refractivity contribution is 0.0336. The number of nitrogens with zero attached hydrogens (tertiary/aromatic N) is 4. The summed E-state index contributed by atoms with van der Waals surface area (Å²) in [4.78, 5) is 29.9. The van der Waals surface area contributed by atoms with Gasteiger partial charge in [0, 0.05) is 43.3 Å². The van der Waals surface area contributed by atoms with Gasteiger partial charge in [0.15, 0.2) is 0 Å². The second-order valence-electron chi connectivity index (χ2n) is 10.4. The van der Waals surface area contributed by atoms with Crippen molar-refractivity contribution in [2.75, 3.05) is 51.8 Å². The van der Waals surface area contributed by atoms with E-state index in [9.17, 15) is 4.79 Å². The first kappa shape index (κ1) is 24.7. The zero-order valence-corrected chi connectivity index (χ0v) is 21.8. The lowest BCUT2D eigenvalue weighted by Crippen LogP contribution is -2.35. The number of ether oxygens (including phenoxy) is 1. The SMILES string of the molecule is CN1CCC(c2ccc(Nc3nc(-c4ccc(CN5CCOCC5)nc4)cc4cc[nH]c(=O)c34)cc2)CC1. The van der Waals surface area contributed by atoms with Gasteiger partial charge in [-0.05, 0) is 86.2 Å². The summed E-state index contributed by atoms with van der Waals surface area (Å²) in [5.41, 5.74) is 4.84. The molecule has 6 rings (SSSR count). The van der Waals surface area contributed by atoms with Crippen LogP contribution < -0.4 is 10.9 Å². The average Bonchev–Trinajstić information content (AvgIpc) is 2.95. The molecule has 2 aliphatic rings. The molecule has 2 N–H and O–H groups in total. The summed E-state index contributed by atoms with van der Waals surface area (Å²) in [6.07, 6.45) is 5.92. The van der Waals surface area contributed by atoms with Crippen LogP contribution in [0.15, 0.2) is 65.7 Å². The maximum Gasteiger partial charge on any atom is 0.259 e. The second kappa shape index (κ2) is 11.0. The topological polar surface area (TPSA) is 86.4 Å². The van der Waals surface area contributed by atoms with Crippen molar-refractivity contribution in [3.05, 3.63) is 82.5 Å². The van der Waals surface area contributed by atoms with E-state index in [0.717, 1.165) is 74.0 Å². The monoisotopic (exact) mass is 510 g/mol. The van der Waals surface area contributed by atoms with E-state index in [4.69, 9.17) is 14.7 Å². The van der Waals surface area contributed by atoms with Crippen LogP contribution in [0.2, 0.25) is 0 Å². The first-order chi connectivity index (χ1) is 18.6. The molecule has 38 heavy (non-hydrogen) atoms. The molecule has 8 nitrogen and oxygen atoms in total. The third-order valence-corrected chi connectivity index (χ3v) is 7.73. The Labute approximate surface area is 222 Å². The average molecular weight is 511 g/mol. The third-order valence-electron chi connectivity index (χ3n) is 7.73. The molecule has 2 aliphatic heterocycles. The number of likely N-dealkylation sites (tertiary alicyclic amines) is 1. The van der Waals surface area contributed by atoms with Crippen molar-refractivity contribution < 1.29 is 4.74 Å². The molecule has 0 saturated carbocycles. The van der Waals surface area contributed by atoms with Crippen LogP contribution >= 0.6 is 0 Å². The highest BCUT2D eigenvalue weighted by Crippen LogP contribution is 2.31. The van der Waals surface area contributed by atoms with Crippen molar-refractivity contribution in [1.29, 1.82) is 0 Å². The molecule has 0 atom stereocenters. The molecule has 8 heteroatoms.